The van der Waals surface area contributed by atoms with Crippen LogP contribution >= 0.6 is 0 Å². The lowest BCUT2D eigenvalue weighted by atomic mass is 10.1. The quantitative estimate of drug-likeness (QED) is 0.527. The fourth-order valence-electron chi connectivity index (χ4n) is 3.75. The molecule has 3 heterocycles. The fourth-order valence-corrected chi connectivity index (χ4v) is 3.75. The number of nitrogens with zero attached hydrogens (tertiary/aromatic N) is 6. The summed E-state index contributed by atoms with van der Waals surface area (Å²) in [5, 5.41) is 24.1. The summed E-state index contributed by atoms with van der Waals surface area (Å²) in [7, 11) is 0. The normalized spacial score (nSPS) is 15.4. The zero-order valence-corrected chi connectivity index (χ0v) is 18.3. The highest BCUT2D eigenvalue weighted by Gasteiger charge is 2.34. The van der Waals surface area contributed by atoms with E-state index in [2.05, 4.69) is 25.7 Å². The Morgan fingerprint density at radius 3 is 2.71 bits per heavy atom. The molecule has 0 aliphatic carbocycles. The summed E-state index contributed by atoms with van der Waals surface area (Å²) in [5.74, 6) is -2.02. The number of nitrogens with one attached hydrogen (secondary N) is 1. The van der Waals surface area contributed by atoms with Gasteiger partial charge in [0.1, 0.15) is 24.1 Å². The van der Waals surface area contributed by atoms with Gasteiger partial charge in [0.25, 0.3) is 5.91 Å². The van der Waals surface area contributed by atoms with Crippen molar-refractivity contribution in [2.75, 3.05) is 6.54 Å². The van der Waals surface area contributed by atoms with Crippen LogP contribution in [0.4, 0.5) is 4.39 Å². The lowest BCUT2D eigenvalue weighted by Crippen LogP contribution is -2.42. The summed E-state index contributed by atoms with van der Waals surface area (Å²) in [5.41, 5.74) is 1.92. The van der Waals surface area contributed by atoms with E-state index in [0.29, 0.717) is 30.6 Å². The molecule has 1 aromatic carbocycles. The Morgan fingerprint density at radius 2 is 1.97 bits per heavy atom. The molecule has 1 atom stereocenters. The van der Waals surface area contributed by atoms with Crippen molar-refractivity contribution in [3.8, 4) is 11.4 Å². The molecule has 1 aliphatic heterocycles. The van der Waals surface area contributed by atoms with E-state index in [1.807, 2.05) is 0 Å². The van der Waals surface area contributed by atoms with E-state index in [4.69, 9.17) is 0 Å². The van der Waals surface area contributed by atoms with Crippen LogP contribution < -0.4 is 5.32 Å². The number of carbonyl (C=O) groups excluding carboxylic acids is 2. The van der Waals surface area contributed by atoms with Gasteiger partial charge in [0.05, 0.1) is 0 Å². The third-order valence-electron chi connectivity index (χ3n) is 5.40. The van der Waals surface area contributed by atoms with Crippen LogP contribution in [0.2, 0.25) is 0 Å². The lowest BCUT2D eigenvalue weighted by Gasteiger charge is -2.20. The number of hydrogen-bond acceptors (Lipinski definition) is 7. The number of aromatic nitrogens is 5. The molecule has 0 bridgehead atoms. The summed E-state index contributed by atoms with van der Waals surface area (Å²) in [4.78, 5) is 43.1. The molecule has 2 aromatic heterocycles. The Kier molecular flexibility index (Phi) is 6.57. The number of rotatable bonds is 7. The molecule has 34 heavy (non-hydrogen) atoms. The average molecular weight is 467 g/mol. The summed E-state index contributed by atoms with van der Waals surface area (Å²) < 4.78 is 13.0. The molecular formula is C22H22FN7O4. The van der Waals surface area contributed by atoms with Crippen LogP contribution in [0, 0.1) is 12.7 Å². The molecule has 0 saturated carbocycles. The van der Waals surface area contributed by atoms with E-state index in [0.717, 1.165) is 10.4 Å². The molecule has 2 amide bonds. The Bertz CT molecular complexity index is 1230. The topological polar surface area (TPSA) is 143 Å². The second-order valence-corrected chi connectivity index (χ2v) is 7.92. The number of halogens is 1. The number of aryl methyl sites for hydroxylation is 1. The van der Waals surface area contributed by atoms with Gasteiger partial charge in [0.2, 0.25) is 11.7 Å². The van der Waals surface area contributed by atoms with Crippen molar-refractivity contribution < 1.29 is 23.9 Å². The second kappa shape index (κ2) is 9.73. The highest BCUT2D eigenvalue weighted by Crippen LogP contribution is 2.19. The molecule has 176 valence electrons. The smallest absolute Gasteiger partial charge is 0.326 e. The molecule has 1 saturated heterocycles. The first kappa shape index (κ1) is 23.0. The molecule has 0 spiro atoms. The maximum Gasteiger partial charge on any atom is 0.326 e. The first-order chi connectivity index (χ1) is 16.3. The van der Waals surface area contributed by atoms with Crippen molar-refractivity contribution in [1.82, 2.24) is 35.4 Å². The predicted octanol–water partition coefficient (Wildman–Crippen LogP) is 1.19. The summed E-state index contributed by atoms with van der Waals surface area (Å²) >= 11 is 0. The van der Waals surface area contributed by atoms with Gasteiger partial charge >= 0.3 is 5.97 Å². The molecule has 12 heteroatoms. The number of tetrazole rings is 1. The molecule has 3 aromatic rings. The largest absolute Gasteiger partial charge is 0.480 e. The van der Waals surface area contributed by atoms with Crippen molar-refractivity contribution in [2.45, 2.75) is 38.9 Å². The molecule has 1 unspecified atom stereocenters. The molecule has 2 N–H and O–H groups in total. The van der Waals surface area contributed by atoms with E-state index in [-0.39, 0.29) is 30.4 Å². The maximum atomic E-state index is 13.0. The SMILES string of the molecule is Cc1cc(-c2nnn(CC(=O)N3CCCC3C(=O)O)n2)cc(C(=O)NCc2ccc(F)cc2)n1. The molecule has 1 fully saturated rings. The number of aliphatic carboxylic acids is 1. The number of carboxylic acid groups (broad SMARTS) is 1. The van der Waals surface area contributed by atoms with Crippen LogP contribution in [0.1, 0.15) is 34.6 Å². The molecule has 1 aliphatic rings. The van der Waals surface area contributed by atoms with E-state index >= 15 is 0 Å². The van der Waals surface area contributed by atoms with Gasteiger partial charge in [-0.3, -0.25) is 9.59 Å². The van der Waals surface area contributed by atoms with Gasteiger partial charge in [-0.2, -0.15) is 4.80 Å². The number of benzene rings is 1. The lowest BCUT2D eigenvalue weighted by molar-refractivity contribution is -0.148. The van der Waals surface area contributed by atoms with Gasteiger partial charge in [0, 0.05) is 24.3 Å². The van der Waals surface area contributed by atoms with Crippen molar-refractivity contribution in [3.05, 3.63) is 59.2 Å². The molecule has 0 radical (unpaired) electrons. The van der Waals surface area contributed by atoms with Crippen molar-refractivity contribution in [1.29, 1.82) is 0 Å². The standard InChI is InChI=1S/C22H22FN7O4/c1-13-9-15(10-17(25-13)21(32)24-11-14-4-6-16(23)7-5-14)20-26-28-30(27-20)12-19(31)29-8-2-3-18(29)22(33)34/h4-7,9-10,18H,2-3,8,11-12H2,1H3,(H,24,32)(H,33,34). The Morgan fingerprint density at radius 1 is 1.21 bits per heavy atom. The monoisotopic (exact) mass is 467 g/mol. The maximum absolute atomic E-state index is 13.0. The van der Waals surface area contributed by atoms with Crippen LogP contribution in [-0.2, 0) is 22.7 Å². The molecular weight excluding hydrogens is 445 g/mol. The summed E-state index contributed by atoms with van der Waals surface area (Å²) in [6, 6.07) is 8.14. The van der Waals surface area contributed by atoms with Crippen LogP contribution in [0.5, 0.6) is 0 Å². The van der Waals surface area contributed by atoms with Crippen LogP contribution in [0.15, 0.2) is 36.4 Å². The number of amides is 2. The number of carbonyl (C=O) groups is 3. The van der Waals surface area contributed by atoms with E-state index in [9.17, 15) is 23.9 Å². The highest BCUT2D eigenvalue weighted by atomic mass is 19.1. The van der Waals surface area contributed by atoms with Gasteiger partial charge in [-0.05, 0) is 54.8 Å². The van der Waals surface area contributed by atoms with Crippen LogP contribution in [0.3, 0.4) is 0 Å². The average Bonchev–Trinajstić information content (AvgIpc) is 3.48. The third kappa shape index (κ3) is 5.22. The van der Waals surface area contributed by atoms with Crippen molar-refractivity contribution in [3.63, 3.8) is 0 Å². The van der Waals surface area contributed by atoms with Gasteiger partial charge in [0.15, 0.2) is 0 Å². The minimum Gasteiger partial charge on any atom is -0.480 e. The highest BCUT2D eigenvalue weighted by molar-refractivity contribution is 5.93. The van der Waals surface area contributed by atoms with Crippen molar-refractivity contribution in [2.24, 2.45) is 0 Å². The Balaban J connectivity index is 1.44. The van der Waals surface area contributed by atoms with Gasteiger partial charge in [-0.25, -0.2) is 14.2 Å². The molecule has 4 rings (SSSR count). The van der Waals surface area contributed by atoms with E-state index in [1.165, 1.54) is 23.1 Å². The fraction of sp³-hybridized carbons (Fsp3) is 0.318. The summed E-state index contributed by atoms with van der Waals surface area (Å²) in [6.45, 7) is 2.05. The van der Waals surface area contributed by atoms with Gasteiger partial charge in [-0.1, -0.05) is 12.1 Å². The van der Waals surface area contributed by atoms with Crippen LogP contribution in [-0.4, -0.2) is 65.6 Å². The minimum atomic E-state index is -1.03. The first-order valence-electron chi connectivity index (χ1n) is 10.6. The second-order valence-electron chi connectivity index (χ2n) is 7.92. The number of hydrogen-bond donors (Lipinski definition) is 2. The van der Waals surface area contributed by atoms with E-state index in [1.54, 1.807) is 25.1 Å². The summed E-state index contributed by atoms with van der Waals surface area (Å²) in [6.07, 6.45) is 1.04. The number of pyridine rings is 1. The third-order valence-corrected chi connectivity index (χ3v) is 5.40. The van der Waals surface area contributed by atoms with E-state index < -0.39 is 23.8 Å². The molecule has 11 nitrogen and oxygen atoms in total. The van der Waals surface area contributed by atoms with Crippen molar-refractivity contribution >= 4 is 17.8 Å². The van der Waals surface area contributed by atoms with Gasteiger partial charge < -0.3 is 15.3 Å². The van der Waals surface area contributed by atoms with Crippen LogP contribution in [0.25, 0.3) is 11.4 Å². The Labute approximate surface area is 193 Å². The minimum absolute atomic E-state index is 0.144. The number of likely N-dealkylation sites (tertiary alicyclic amines) is 1. The number of carboxylic acids is 1. The predicted molar refractivity (Wildman–Crippen MR) is 116 cm³/mol. The zero-order valence-electron chi connectivity index (χ0n) is 18.3. The Hall–Kier alpha value is -4.22. The van der Waals surface area contributed by atoms with Gasteiger partial charge in [-0.15, -0.1) is 10.2 Å². The zero-order chi connectivity index (χ0) is 24.2. The first-order valence-corrected chi connectivity index (χ1v) is 10.6.